The maximum Gasteiger partial charge on any atom is 0.318 e. The Hall–Kier alpha value is -2.96. The highest BCUT2D eigenvalue weighted by Crippen LogP contribution is 2.41. The number of carbonyl (C=O) groups is 2. The third-order valence-corrected chi connectivity index (χ3v) is 13.0. The molecule has 2 saturated carbocycles. The van der Waals surface area contributed by atoms with Gasteiger partial charge in [-0.25, -0.2) is 4.79 Å². The van der Waals surface area contributed by atoms with Crippen LogP contribution in [0.25, 0.3) is 0 Å². The number of nitrogens with one attached hydrogen (secondary N) is 3. The summed E-state index contributed by atoms with van der Waals surface area (Å²) in [6, 6.07) is 11.4. The molecule has 2 unspecified atom stereocenters. The molecule has 3 amide bonds. The molecule has 3 N–H and O–H groups in total. The number of ether oxygens (including phenoxy) is 2. The highest BCUT2D eigenvalue weighted by Gasteiger charge is 2.41. The Morgan fingerprint density at radius 1 is 1.02 bits per heavy atom. The zero-order chi connectivity index (χ0) is 35.3. The minimum absolute atomic E-state index is 0.0865. The fourth-order valence-corrected chi connectivity index (χ4v) is 9.31. The van der Waals surface area contributed by atoms with E-state index < -0.39 is 22.6 Å². The molecule has 276 valence electrons. The Morgan fingerprint density at radius 2 is 1.84 bits per heavy atom. The lowest BCUT2D eigenvalue weighted by molar-refractivity contribution is 0.0354. The van der Waals surface area contributed by atoms with E-state index in [2.05, 4.69) is 49.4 Å². The van der Waals surface area contributed by atoms with Gasteiger partial charge in [-0.3, -0.25) is 15.0 Å². The van der Waals surface area contributed by atoms with Gasteiger partial charge in [0, 0.05) is 55.3 Å². The fourth-order valence-electron chi connectivity index (χ4n) is 7.94. The number of nitrogens with zero attached hydrogens (tertiary/aromatic N) is 2. The number of carbonyl (C=O) groups excluding carboxylic acids is 2. The van der Waals surface area contributed by atoms with Crippen LogP contribution < -0.4 is 25.0 Å². The van der Waals surface area contributed by atoms with Crippen molar-refractivity contribution in [1.29, 1.82) is 0 Å². The van der Waals surface area contributed by atoms with Crippen LogP contribution in [0, 0.1) is 23.7 Å². The number of allylic oxidation sites excluding steroid dienone is 2. The molecule has 1 saturated heterocycles. The van der Waals surface area contributed by atoms with Crippen molar-refractivity contribution in [3.63, 3.8) is 0 Å². The summed E-state index contributed by atoms with van der Waals surface area (Å²) in [4.78, 5) is 31.8. The average Bonchev–Trinajstić information content (AvgIpc) is 3.84. The molecule has 12 heteroatoms. The van der Waals surface area contributed by atoms with Gasteiger partial charge in [-0.2, -0.15) is 4.72 Å². The number of rotatable bonds is 4. The lowest BCUT2D eigenvalue weighted by Gasteiger charge is -2.41. The zero-order valence-electron chi connectivity index (χ0n) is 29.6. The van der Waals surface area contributed by atoms with E-state index in [1.165, 1.54) is 17.5 Å². The van der Waals surface area contributed by atoms with Crippen LogP contribution in [0.15, 0.2) is 48.6 Å². The van der Waals surface area contributed by atoms with Gasteiger partial charge in [0.1, 0.15) is 5.75 Å². The Balaban J connectivity index is 1.11. The summed E-state index contributed by atoms with van der Waals surface area (Å²) in [5.41, 5.74) is 3.75. The average molecular weight is 738 g/mol. The van der Waals surface area contributed by atoms with Crippen LogP contribution in [-0.4, -0.2) is 78.8 Å². The fraction of sp³-hybridized carbons (Fsp3) is 0.590. The monoisotopic (exact) mass is 737 g/mol. The molecular weight excluding hydrogens is 686 g/mol. The summed E-state index contributed by atoms with van der Waals surface area (Å²) in [6.07, 6.45) is 12.1. The van der Waals surface area contributed by atoms with Crippen molar-refractivity contribution >= 4 is 40.6 Å². The number of fused-ring (bicyclic) bond motifs is 3. The van der Waals surface area contributed by atoms with Crippen LogP contribution in [0.2, 0.25) is 5.02 Å². The van der Waals surface area contributed by atoms with Crippen LogP contribution in [-0.2, 0) is 29.1 Å². The standard InChI is InChI=1S/C39H52ClN5O5S/c1-26-6-2-3-7-27-9-10-30(27)24-45-25-31-11-13-33(40)20-28(31)8-4-5-17-50-36-14-12-29(22-35(36)45)37(46)43-51(48)38(26)42-39(47)41-34-21-32(34)23-44-15-18-49-19-16-44/h2-3,11-14,20,22,26-27,30,32,34,38H,4-10,15-19,21,23-25H2,1H3,(H,43,46)(H2,41,42,47)/b3-2+/t26-,27+,30-,32+,34-,38?,51?/m0/s1. The van der Waals surface area contributed by atoms with Gasteiger partial charge in [-0.1, -0.05) is 36.7 Å². The minimum atomic E-state index is -1.88. The van der Waals surface area contributed by atoms with Gasteiger partial charge in [0.25, 0.3) is 5.91 Å². The van der Waals surface area contributed by atoms with Crippen molar-refractivity contribution in [3.8, 4) is 5.75 Å². The van der Waals surface area contributed by atoms with E-state index in [1.54, 1.807) is 6.07 Å². The molecule has 0 radical (unpaired) electrons. The molecule has 3 aliphatic heterocycles. The molecule has 2 aromatic carbocycles. The Kier molecular flexibility index (Phi) is 12.0. The third kappa shape index (κ3) is 9.35. The molecule has 2 aliphatic carbocycles. The third-order valence-electron chi connectivity index (χ3n) is 11.4. The van der Waals surface area contributed by atoms with Crippen molar-refractivity contribution in [1.82, 2.24) is 20.3 Å². The van der Waals surface area contributed by atoms with E-state index in [9.17, 15) is 14.1 Å². The van der Waals surface area contributed by atoms with E-state index >= 15 is 0 Å². The van der Waals surface area contributed by atoms with Crippen molar-refractivity contribution in [2.45, 2.75) is 76.3 Å². The molecule has 2 bridgehead atoms. The number of benzene rings is 2. The van der Waals surface area contributed by atoms with Crippen LogP contribution in [0.3, 0.4) is 0 Å². The number of halogens is 1. The van der Waals surface area contributed by atoms with Gasteiger partial charge in [0.05, 0.1) is 36.9 Å². The molecule has 0 aromatic heterocycles. The van der Waals surface area contributed by atoms with Crippen LogP contribution in [0.5, 0.6) is 5.75 Å². The molecule has 5 aliphatic rings. The maximum atomic E-state index is 13.9. The molecule has 7 rings (SSSR count). The van der Waals surface area contributed by atoms with E-state index in [0.29, 0.717) is 42.9 Å². The molecule has 51 heavy (non-hydrogen) atoms. The first-order chi connectivity index (χ1) is 24.8. The molecule has 10 nitrogen and oxygen atoms in total. The number of hydrogen-bond acceptors (Lipinski definition) is 7. The predicted molar refractivity (Wildman–Crippen MR) is 201 cm³/mol. The summed E-state index contributed by atoms with van der Waals surface area (Å²) >= 11 is 4.57. The molecule has 0 spiro atoms. The second-order valence-electron chi connectivity index (χ2n) is 15.1. The number of aryl methyl sites for hydroxylation is 1. The SMILES string of the molecule is C[C@H]1C/C=C/C[C@@H]2CC[C@H]2CN2Cc3ccc(Cl)cc3CCCCOc3ccc(cc32)C(=O)N[S+]([O-])C1NC(=O)N[C@H]1C[C@@H]1CN1CCOCC1. The first-order valence-corrected chi connectivity index (χ1v) is 20.4. The normalized spacial score (nSPS) is 30.9. The van der Waals surface area contributed by atoms with Gasteiger partial charge in [0.2, 0.25) is 5.37 Å². The number of amides is 3. The summed E-state index contributed by atoms with van der Waals surface area (Å²) in [5.74, 6) is 1.59. The first-order valence-electron chi connectivity index (χ1n) is 18.8. The number of anilines is 1. The summed E-state index contributed by atoms with van der Waals surface area (Å²) in [6.45, 7) is 8.35. The number of urea groups is 1. The minimum Gasteiger partial charge on any atom is -0.591 e. The quantitative estimate of drug-likeness (QED) is 0.268. The highest BCUT2D eigenvalue weighted by atomic mass is 35.5. The van der Waals surface area contributed by atoms with E-state index in [-0.39, 0.29) is 18.0 Å². The lowest BCUT2D eigenvalue weighted by atomic mass is 9.71. The van der Waals surface area contributed by atoms with E-state index in [4.69, 9.17) is 21.1 Å². The molecule has 2 aromatic rings. The van der Waals surface area contributed by atoms with Gasteiger partial charge in [-0.15, -0.1) is 0 Å². The molecule has 7 atom stereocenters. The largest absolute Gasteiger partial charge is 0.591 e. The highest BCUT2D eigenvalue weighted by molar-refractivity contribution is 7.90. The second kappa shape index (κ2) is 16.8. The van der Waals surface area contributed by atoms with Crippen molar-refractivity contribution in [2.24, 2.45) is 23.7 Å². The van der Waals surface area contributed by atoms with Gasteiger partial charge in [-0.05, 0) is 111 Å². The topological polar surface area (TPSA) is 118 Å². The summed E-state index contributed by atoms with van der Waals surface area (Å²) in [5, 5.41) is 6.04. The van der Waals surface area contributed by atoms with Crippen molar-refractivity contribution in [3.05, 3.63) is 70.3 Å². The van der Waals surface area contributed by atoms with Gasteiger partial charge >= 0.3 is 6.03 Å². The van der Waals surface area contributed by atoms with Crippen LogP contribution in [0.1, 0.15) is 73.4 Å². The summed E-state index contributed by atoms with van der Waals surface area (Å²) < 4.78 is 28.5. The van der Waals surface area contributed by atoms with Crippen molar-refractivity contribution in [2.75, 3.05) is 50.9 Å². The van der Waals surface area contributed by atoms with Crippen LogP contribution >= 0.6 is 11.6 Å². The smallest absolute Gasteiger partial charge is 0.318 e. The zero-order valence-corrected chi connectivity index (χ0v) is 31.2. The van der Waals surface area contributed by atoms with E-state index in [1.807, 2.05) is 25.1 Å². The van der Waals surface area contributed by atoms with Crippen molar-refractivity contribution < 1.29 is 23.6 Å². The number of morpholine rings is 1. The second-order valence-corrected chi connectivity index (χ2v) is 16.8. The Morgan fingerprint density at radius 3 is 2.67 bits per heavy atom. The summed E-state index contributed by atoms with van der Waals surface area (Å²) in [7, 11) is 0. The molecule has 3 fully saturated rings. The first kappa shape index (κ1) is 36.4. The maximum absolute atomic E-state index is 13.9. The van der Waals surface area contributed by atoms with E-state index in [0.717, 1.165) is 94.4 Å². The predicted octanol–water partition coefficient (Wildman–Crippen LogP) is 5.81. The van der Waals surface area contributed by atoms with Gasteiger partial charge < -0.3 is 24.2 Å². The molecule has 3 heterocycles. The van der Waals surface area contributed by atoms with Gasteiger partial charge in [0.15, 0.2) is 0 Å². The number of hydrogen-bond donors (Lipinski definition) is 3. The Labute approximate surface area is 310 Å². The lowest BCUT2D eigenvalue weighted by Crippen LogP contribution is -2.54. The Bertz CT molecular complexity index is 1570. The molecular formula is C39H52ClN5O5S. The van der Waals surface area contributed by atoms with Crippen LogP contribution in [0.4, 0.5) is 10.5 Å².